The summed E-state index contributed by atoms with van der Waals surface area (Å²) in [5.41, 5.74) is 0.733. The van der Waals surface area contributed by atoms with Crippen molar-refractivity contribution in [3.63, 3.8) is 0 Å². The van der Waals surface area contributed by atoms with Gasteiger partial charge in [0.15, 0.2) is 5.96 Å². The van der Waals surface area contributed by atoms with Crippen LogP contribution in [0.15, 0.2) is 29.3 Å². The third-order valence-electron chi connectivity index (χ3n) is 3.11. The van der Waals surface area contributed by atoms with Gasteiger partial charge in [-0.2, -0.15) is 0 Å². The molecule has 1 amide bonds. The second kappa shape index (κ2) is 13.9. The first-order valence-corrected chi connectivity index (χ1v) is 8.10. The Labute approximate surface area is 161 Å². The van der Waals surface area contributed by atoms with Crippen LogP contribution in [-0.4, -0.2) is 38.6 Å². The van der Waals surface area contributed by atoms with Crippen molar-refractivity contribution in [2.24, 2.45) is 4.99 Å². The standard InChI is InChI=1S/C17H28N4O2.HI/c1-4-5-6-10-19-17(18-3)20-11-12-23-16-9-7-8-15(13-16)21-14(2)22;/h7-9,13H,4-6,10-12H2,1-3H3,(H,21,22)(H2,18,19,20);1H. The molecule has 0 aromatic heterocycles. The Morgan fingerprint density at radius 1 is 1.21 bits per heavy atom. The van der Waals surface area contributed by atoms with Gasteiger partial charge in [0, 0.05) is 32.3 Å². The van der Waals surface area contributed by atoms with E-state index in [0.29, 0.717) is 13.2 Å². The van der Waals surface area contributed by atoms with Crippen LogP contribution in [0, 0.1) is 0 Å². The van der Waals surface area contributed by atoms with Gasteiger partial charge < -0.3 is 20.7 Å². The average molecular weight is 448 g/mol. The Morgan fingerprint density at radius 2 is 1.96 bits per heavy atom. The van der Waals surface area contributed by atoms with Gasteiger partial charge in [0.25, 0.3) is 0 Å². The van der Waals surface area contributed by atoms with Gasteiger partial charge in [-0.3, -0.25) is 9.79 Å². The molecule has 0 saturated carbocycles. The molecule has 0 aliphatic carbocycles. The molecule has 3 N–H and O–H groups in total. The van der Waals surface area contributed by atoms with Gasteiger partial charge in [0.2, 0.25) is 5.91 Å². The van der Waals surface area contributed by atoms with Crippen molar-refractivity contribution in [1.29, 1.82) is 0 Å². The molecule has 0 bridgehead atoms. The van der Waals surface area contributed by atoms with E-state index in [4.69, 9.17) is 4.74 Å². The SMILES string of the molecule is CCCCCNC(=NC)NCCOc1cccc(NC(C)=O)c1.I. The van der Waals surface area contributed by atoms with Crippen molar-refractivity contribution >= 4 is 41.5 Å². The van der Waals surface area contributed by atoms with Gasteiger partial charge in [-0.15, -0.1) is 24.0 Å². The van der Waals surface area contributed by atoms with Gasteiger partial charge in [-0.1, -0.05) is 25.8 Å². The highest BCUT2D eigenvalue weighted by atomic mass is 127. The van der Waals surface area contributed by atoms with Crippen LogP contribution in [-0.2, 0) is 4.79 Å². The molecule has 0 atom stereocenters. The number of ether oxygens (including phenoxy) is 1. The number of aliphatic imine (C=N–C) groups is 1. The number of benzene rings is 1. The number of guanidine groups is 1. The van der Waals surface area contributed by atoms with Crippen LogP contribution in [0.5, 0.6) is 5.75 Å². The van der Waals surface area contributed by atoms with E-state index in [1.807, 2.05) is 18.2 Å². The van der Waals surface area contributed by atoms with Crippen molar-refractivity contribution in [3.05, 3.63) is 24.3 Å². The van der Waals surface area contributed by atoms with Crippen molar-refractivity contribution in [2.45, 2.75) is 33.1 Å². The van der Waals surface area contributed by atoms with Crippen molar-refractivity contribution in [1.82, 2.24) is 10.6 Å². The quantitative estimate of drug-likeness (QED) is 0.235. The number of carbonyl (C=O) groups is 1. The van der Waals surface area contributed by atoms with E-state index >= 15 is 0 Å². The molecule has 6 nitrogen and oxygen atoms in total. The Kier molecular flexibility index (Phi) is 13.0. The summed E-state index contributed by atoms with van der Waals surface area (Å²) in [6.45, 7) is 5.76. The van der Waals surface area contributed by atoms with Gasteiger partial charge in [-0.25, -0.2) is 0 Å². The molecule has 1 rings (SSSR count). The van der Waals surface area contributed by atoms with Crippen molar-refractivity contribution in [2.75, 3.05) is 32.1 Å². The molecule has 136 valence electrons. The van der Waals surface area contributed by atoms with E-state index in [0.717, 1.165) is 30.4 Å². The van der Waals surface area contributed by atoms with E-state index in [2.05, 4.69) is 27.9 Å². The monoisotopic (exact) mass is 448 g/mol. The van der Waals surface area contributed by atoms with E-state index in [1.54, 1.807) is 13.1 Å². The highest BCUT2D eigenvalue weighted by Crippen LogP contribution is 2.16. The lowest BCUT2D eigenvalue weighted by atomic mass is 10.2. The maximum Gasteiger partial charge on any atom is 0.221 e. The summed E-state index contributed by atoms with van der Waals surface area (Å²) < 4.78 is 5.67. The Hall–Kier alpha value is -1.51. The van der Waals surface area contributed by atoms with Crippen LogP contribution >= 0.6 is 24.0 Å². The van der Waals surface area contributed by atoms with Gasteiger partial charge in [-0.05, 0) is 18.6 Å². The molecular formula is C17H29IN4O2. The maximum atomic E-state index is 11.0. The number of halogens is 1. The molecule has 0 aliphatic rings. The van der Waals surface area contributed by atoms with E-state index in [1.165, 1.54) is 19.8 Å². The zero-order chi connectivity index (χ0) is 16.9. The van der Waals surface area contributed by atoms with Gasteiger partial charge in [0.05, 0.1) is 6.54 Å². The fourth-order valence-electron chi connectivity index (χ4n) is 2.01. The minimum Gasteiger partial charge on any atom is -0.492 e. The molecular weight excluding hydrogens is 419 g/mol. The largest absolute Gasteiger partial charge is 0.492 e. The minimum absolute atomic E-state index is 0. The molecule has 0 saturated heterocycles. The molecule has 24 heavy (non-hydrogen) atoms. The third-order valence-corrected chi connectivity index (χ3v) is 3.11. The highest BCUT2D eigenvalue weighted by molar-refractivity contribution is 14.0. The number of amides is 1. The Morgan fingerprint density at radius 3 is 2.62 bits per heavy atom. The molecule has 0 radical (unpaired) electrons. The summed E-state index contributed by atoms with van der Waals surface area (Å²) in [7, 11) is 1.76. The lowest BCUT2D eigenvalue weighted by Crippen LogP contribution is -2.39. The molecule has 1 aromatic carbocycles. The number of unbranched alkanes of at least 4 members (excludes halogenated alkanes) is 2. The number of hydrogen-bond acceptors (Lipinski definition) is 3. The lowest BCUT2D eigenvalue weighted by molar-refractivity contribution is -0.114. The first-order chi connectivity index (χ1) is 11.2. The van der Waals surface area contributed by atoms with Crippen LogP contribution < -0.4 is 20.7 Å². The molecule has 7 heteroatoms. The predicted octanol–water partition coefficient (Wildman–Crippen LogP) is 3.00. The van der Waals surface area contributed by atoms with Crippen molar-refractivity contribution in [3.8, 4) is 5.75 Å². The number of nitrogens with zero attached hydrogens (tertiary/aromatic N) is 1. The summed E-state index contributed by atoms with van der Waals surface area (Å²) in [4.78, 5) is 15.2. The zero-order valence-corrected chi connectivity index (χ0v) is 17.1. The molecule has 0 aliphatic heterocycles. The van der Waals surface area contributed by atoms with E-state index < -0.39 is 0 Å². The van der Waals surface area contributed by atoms with Crippen molar-refractivity contribution < 1.29 is 9.53 Å². The predicted molar refractivity (Wildman–Crippen MR) is 111 cm³/mol. The van der Waals surface area contributed by atoms with Gasteiger partial charge >= 0.3 is 0 Å². The Bertz CT molecular complexity index is 509. The highest BCUT2D eigenvalue weighted by Gasteiger charge is 2.00. The third kappa shape index (κ3) is 10.3. The number of anilines is 1. The summed E-state index contributed by atoms with van der Waals surface area (Å²) in [6.07, 6.45) is 3.57. The second-order valence-corrected chi connectivity index (χ2v) is 5.19. The normalized spacial score (nSPS) is 10.5. The first-order valence-electron chi connectivity index (χ1n) is 8.10. The lowest BCUT2D eigenvalue weighted by Gasteiger charge is -2.12. The second-order valence-electron chi connectivity index (χ2n) is 5.19. The van der Waals surface area contributed by atoms with Crippen LogP contribution in [0.2, 0.25) is 0 Å². The molecule has 0 heterocycles. The minimum atomic E-state index is -0.0956. The van der Waals surface area contributed by atoms with Crippen LogP contribution in [0.1, 0.15) is 33.1 Å². The van der Waals surface area contributed by atoms with Crippen LogP contribution in [0.3, 0.4) is 0 Å². The Balaban J connectivity index is 0.00000529. The summed E-state index contributed by atoms with van der Waals surface area (Å²) in [5.74, 6) is 1.42. The zero-order valence-electron chi connectivity index (χ0n) is 14.7. The van der Waals surface area contributed by atoms with E-state index in [9.17, 15) is 4.79 Å². The number of carbonyl (C=O) groups excluding carboxylic acids is 1. The number of hydrogen-bond donors (Lipinski definition) is 3. The van der Waals surface area contributed by atoms with Gasteiger partial charge in [0.1, 0.15) is 12.4 Å². The first kappa shape index (κ1) is 22.5. The average Bonchev–Trinajstić information content (AvgIpc) is 2.53. The number of rotatable bonds is 9. The summed E-state index contributed by atoms with van der Waals surface area (Å²) in [6, 6.07) is 7.35. The molecule has 1 aromatic rings. The maximum absolute atomic E-state index is 11.0. The fourth-order valence-corrected chi connectivity index (χ4v) is 2.01. The topological polar surface area (TPSA) is 74.8 Å². The molecule has 0 spiro atoms. The summed E-state index contributed by atoms with van der Waals surface area (Å²) >= 11 is 0. The summed E-state index contributed by atoms with van der Waals surface area (Å²) in [5, 5.41) is 9.21. The molecule has 0 fully saturated rings. The fraction of sp³-hybridized carbons (Fsp3) is 0.529. The number of nitrogens with one attached hydrogen (secondary N) is 3. The van der Waals surface area contributed by atoms with Crippen LogP contribution in [0.25, 0.3) is 0 Å². The molecule has 0 unspecified atom stereocenters. The smallest absolute Gasteiger partial charge is 0.221 e. The van der Waals surface area contributed by atoms with E-state index in [-0.39, 0.29) is 29.9 Å². The van der Waals surface area contributed by atoms with Crippen LogP contribution in [0.4, 0.5) is 5.69 Å².